The van der Waals surface area contributed by atoms with E-state index in [9.17, 15) is 9.59 Å². The number of alkyl halides is 1. The third-order valence-electron chi connectivity index (χ3n) is 3.48. The van der Waals surface area contributed by atoms with E-state index in [4.69, 9.17) is 11.6 Å². The van der Waals surface area contributed by atoms with Gasteiger partial charge in [0, 0.05) is 23.9 Å². The first kappa shape index (κ1) is 13.1. The van der Waals surface area contributed by atoms with Gasteiger partial charge in [0.25, 0.3) is 11.5 Å². The van der Waals surface area contributed by atoms with Gasteiger partial charge in [0.15, 0.2) is 0 Å². The molecule has 2 rings (SSSR count). The lowest BCUT2D eigenvalue weighted by atomic mass is 9.88. The zero-order valence-electron chi connectivity index (χ0n) is 10.0. The molecule has 0 radical (unpaired) electrons. The smallest absolute Gasteiger partial charge is 0.271 e. The van der Waals surface area contributed by atoms with Crippen LogP contribution < -0.4 is 10.9 Å². The summed E-state index contributed by atoms with van der Waals surface area (Å²) in [5.74, 6) is 0.287. The molecule has 1 aromatic rings. The van der Waals surface area contributed by atoms with E-state index in [-0.39, 0.29) is 22.6 Å². The van der Waals surface area contributed by atoms with Crippen LogP contribution in [0.5, 0.6) is 0 Å². The Bertz CT molecular complexity index is 460. The van der Waals surface area contributed by atoms with Crippen molar-refractivity contribution >= 4 is 17.5 Å². The molecule has 0 aliphatic heterocycles. The lowest BCUT2D eigenvalue weighted by Gasteiger charge is -2.26. The number of hydrogen-bond donors (Lipinski definition) is 2. The van der Waals surface area contributed by atoms with Crippen molar-refractivity contribution < 1.29 is 4.79 Å². The molecule has 98 valence electrons. The third kappa shape index (κ3) is 2.90. The summed E-state index contributed by atoms with van der Waals surface area (Å²) in [7, 11) is 0. The molecule has 1 aliphatic rings. The minimum absolute atomic E-state index is 0.0272. The fourth-order valence-electron chi connectivity index (χ4n) is 2.31. The Balaban J connectivity index is 1.95. The molecule has 18 heavy (non-hydrogen) atoms. The molecule has 0 saturated heterocycles. The highest BCUT2D eigenvalue weighted by Gasteiger charge is 2.33. The van der Waals surface area contributed by atoms with Gasteiger partial charge >= 0.3 is 0 Å². The second kappa shape index (κ2) is 5.52. The molecule has 6 heteroatoms. The second-order valence-electron chi connectivity index (χ2n) is 4.83. The standard InChI is InChI=1S/C12H16ClN3O2/c13-7-12(5-1-2-6-12)8-14-11(18)9-3-4-10(17)16-15-9/h3-4H,1-2,5-8H2,(H,14,18)(H,16,17). The number of aromatic nitrogens is 2. The summed E-state index contributed by atoms with van der Waals surface area (Å²) >= 11 is 6.00. The van der Waals surface area contributed by atoms with E-state index in [0.29, 0.717) is 12.4 Å². The van der Waals surface area contributed by atoms with Gasteiger partial charge in [0.05, 0.1) is 0 Å². The van der Waals surface area contributed by atoms with Crippen LogP contribution in [0.1, 0.15) is 36.2 Å². The molecule has 1 amide bonds. The van der Waals surface area contributed by atoms with Crippen LogP contribution in [0.2, 0.25) is 0 Å². The number of aromatic amines is 1. The Morgan fingerprint density at radius 3 is 2.72 bits per heavy atom. The van der Waals surface area contributed by atoms with Crippen LogP contribution in [0.15, 0.2) is 16.9 Å². The average Bonchev–Trinajstić information content (AvgIpc) is 2.86. The molecule has 1 saturated carbocycles. The zero-order chi connectivity index (χ0) is 13.0. The summed E-state index contributed by atoms with van der Waals surface area (Å²) in [5, 5.41) is 8.77. The van der Waals surface area contributed by atoms with Crippen molar-refractivity contribution in [1.29, 1.82) is 0 Å². The van der Waals surface area contributed by atoms with Crippen LogP contribution >= 0.6 is 11.6 Å². The van der Waals surface area contributed by atoms with E-state index in [1.54, 1.807) is 0 Å². The highest BCUT2D eigenvalue weighted by atomic mass is 35.5. The monoisotopic (exact) mass is 269 g/mol. The van der Waals surface area contributed by atoms with Crippen LogP contribution in [0.3, 0.4) is 0 Å². The molecule has 0 unspecified atom stereocenters. The minimum atomic E-state index is -0.320. The number of carbonyl (C=O) groups is 1. The van der Waals surface area contributed by atoms with Gasteiger partial charge in [0.2, 0.25) is 0 Å². The van der Waals surface area contributed by atoms with E-state index in [0.717, 1.165) is 12.8 Å². The van der Waals surface area contributed by atoms with Gasteiger partial charge in [-0.25, -0.2) is 5.10 Å². The first-order valence-electron chi connectivity index (χ1n) is 6.05. The van der Waals surface area contributed by atoms with E-state index in [2.05, 4.69) is 15.5 Å². The second-order valence-corrected chi connectivity index (χ2v) is 5.10. The molecule has 0 aromatic carbocycles. The number of nitrogens with zero attached hydrogens (tertiary/aromatic N) is 1. The van der Waals surface area contributed by atoms with Crippen molar-refractivity contribution in [1.82, 2.24) is 15.5 Å². The number of carbonyl (C=O) groups excluding carboxylic acids is 1. The summed E-state index contributed by atoms with van der Waals surface area (Å²) in [6.45, 7) is 0.566. The van der Waals surface area contributed by atoms with Crippen molar-refractivity contribution in [2.75, 3.05) is 12.4 Å². The molecule has 0 bridgehead atoms. The van der Waals surface area contributed by atoms with Crippen molar-refractivity contribution in [3.8, 4) is 0 Å². The van der Waals surface area contributed by atoms with E-state index in [1.165, 1.54) is 25.0 Å². The Morgan fingerprint density at radius 1 is 1.44 bits per heavy atom. The molecule has 2 N–H and O–H groups in total. The predicted octanol–water partition coefficient (Wildman–Crippen LogP) is 1.30. The van der Waals surface area contributed by atoms with Gasteiger partial charge in [-0.2, -0.15) is 5.10 Å². The van der Waals surface area contributed by atoms with Gasteiger partial charge in [-0.1, -0.05) is 12.8 Å². The third-order valence-corrected chi connectivity index (χ3v) is 4.05. The summed E-state index contributed by atoms with van der Waals surface area (Å²) in [5.41, 5.74) is -0.0729. The van der Waals surface area contributed by atoms with Gasteiger partial charge in [0.1, 0.15) is 5.69 Å². The summed E-state index contributed by atoms with van der Waals surface area (Å²) in [6, 6.07) is 2.70. The van der Waals surface area contributed by atoms with Crippen LogP contribution in [0, 0.1) is 5.41 Å². The van der Waals surface area contributed by atoms with Crippen molar-refractivity contribution in [3.05, 3.63) is 28.2 Å². The maximum absolute atomic E-state index is 11.8. The number of nitrogens with one attached hydrogen (secondary N) is 2. The SMILES string of the molecule is O=C(NCC1(CCl)CCCC1)c1ccc(=O)[nH]n1. The Kier molecular flexibility index (Phi) is 4.01. The fraction of sp³-hybridized carbons (Fsp3) is 0.583. The summed E-state index contributed by atoms with van der Waals surface area (Å²) < 4.78 is 0. The quantitative estimate of drug-likeness (QED) is 0.809. The van der Waals surface area contributed by atoms with Gasteiger partial charge in [-0.05, 0) is 18.9 Å². The minimum Gasteiger partial charge on any atom is -0.350 e. The normalized spacial score (nSPS) is 17.6. The highest BCUT2D eigenvalue weighted by Crippen LogP contribution is 2.38. The molecule has 5 nitrogen and oxygen atoms in total. The lowest BCUT2D eigenvalue weighted by molar-refractivity contribution is 0.0929. The fourth-order valence-corrected chi connectivity index (χ4v) is 2.67. The molecule has 1 fully saturated rings. The molecule has 1 aliphatic carbocycles. The molecular weight excluding hydrogens is 254 g/mol. The number of H-pyrrole nitrogens is 1. The van der Waals surface area contributed by atoms with Crippen LogP contribution in [-0.2, 0) is 0 Å². The number of amides is 1. The Labute approximate surface area is 110 Å². The number of hydrogen-bond acceptors (Lipinski definition) is 3. The lowest BCUT2D eigenvalue weighted by Crippen LogP contribution is -2.37. The van der Waals surface area contributed by atoms with Crippen molar-refractivity contribution in [3.63, 3.8) is 0 Å². The molecule has 1 aromatic heterocycles. The van der Waals surface area contributed by atoms with E-state index >= 15 is 0 Å². The maximum atomic E-state index is 11.8. The Hall–Kier alpha value is -1.36. The summed E-state index contributed by atoms with van der Waals surface area (Å²) in [6.07, 6.45) is 4.44. The van der Waals surface area contributed by atoms with Gasteiger partial charge in [-0.15, -0.1) is 11.6 Å². The topological polar surface area (TPSA) is 74.8 Å². The van der Waals surface area contributed by atoms with E-state index in [1.807, 2.05) is 0 Å². The average molecular weight is 270 g/mol. The molecule has 0 spiro atoms. The Morgan fingerprint density at radius 2 is 2.17 bits per heavy atom. The predicted molar refractivity (Wildman–Crippen MR) is 68.8 cm³/mol. The first-order chi connectivity index (χ1) is 8.65. The number of rotatable bonds is 4. The van der Waals surface area contributed by atoms with Crippen molar-refractivity contribution in [2.24, 2.45) is 5.41 Å². The molecule has 0 atom stereocenters. The summed E-state index contributed by atoms with van der Waals surface area (Å²) in [4.78, 5) is 22.7. The largest absolute Gasteiger partial charge is 0.350 e. The van der Waals surface area contributed by atoms with Gasteiger partial charge < -0.3 is 5.32 Å². The molecule has 1 heterocycles. The zero-order valence-corrected chi connectivity index (χ0v) is 10.8. The van der Waals surface area contributed by atoms with E-state index < -0.39 is 0 Å². The van der Waals surface area contributed by atoms with Gasteiger partial charge in [-0.3, -0.25) is 9.59 Å². The van der Waals surface area contributed by atoms with Crippen LogP contribution in [-0.4, -0.2) is 28.5 Å². The van der Waals surface area contributed by atoms with Crippen LogP contribution in [0.25, 0.3) is 0 Å². The van der Waals surface area contributed by atoms with Crippen LogP contribution in [0.4, 0.5) is 0 Å². The highest BCUT2D eigenvalue weighted by molar-refractivity contribution is 6.18. The molecular formula is C12H16ClN3O2. The number of halogens is 1. The van der Waals surface area contributed by atoms with Crippen molar-refractivity contribution in [2.45, 2.75) is 25.7 Å². The first-order valence-corrected chi connectivity index (χ1v) is 6.59. The maximum Gasteiger partial charge on any atom is 0.271 e.